The summed E-state index contributed by atoms with van der Waals surface area (Å²) in [4.78, 5) is 10.2. The van der Waals surface area contributed by atoms with Gasteiger partial charge in [0.15, 0.2) is 5.75 Å². The Balaban J connectivity index is 2.44. The second-order valence-corrected chi connectivity index (χ2v) is 6.27. The van der Waals surface area contributed by atoms with Crippen molar-refractivity contribution < 1.29 is 19.9 Å². The van der Waals surface area contributed by atoms with Gasteiger partial charge >= 0.3 is 5.69 Å². The molecule has 0 fully saturated rings. The SMILES string of the molecule is CCOc1cc(O)cc(C=Cc2ccc([N+](=O)[O-])c(O)c2)c1CC=C(C)C. The highest BCUT2D eigenvalue weighted by molar-refractivity contribution is 5.74. The van der Waals surface area contributed by atoms with Crippen molar-refractivity contribution in [1.29, 1.82) is 0 Å². The van der Waals surface area contributed by atoms with Gasteiger partial charge in [0.2, 0.25) is 0 Å². The molecule has 2 rings (SSSR count). The average molecular weight is 369 g/mol. The first-order chi connectivity index (χ1) is 12.8. The Hall–Kier alpha value is -3.28. The van der Waals surface area contributed by atoms with Gasteiger partial charge in [-0.3, -0.25) is 10.1 Å². The topological polar surface area (TPSA) is 92.8 Å². The minimum absolute atomic E-state index is 0.0885. The van der Waals surface area contributed by atoms with Crippen molar-refractivity contribution in [2.75, 3.05) is 6.61 Å². The number of hydrogen-bond donors (Lipinski definition) is 2. The van der Waals surface area contributed by atoms with E-state index in [0.717, 1.165) is 11.1 Å². The number of rotatable bonds is 7. The molecule has 0 heterocycles. The van der Waals surface area contributed by atoms with Gasteiger partial charge < -0.3 is 14.9 Å². The monoisotopic (exact) mass is 369 g/mol. The van der Waals surface area contributed by atoms with Crippen LogP contribution >= 0.6 is 0 Å². The summed E-state index contributed by atoms with van der Waals surface area (Å²) >= 11 is 0. The fourth-order valence-electron chi connectivity index (χ4n) is 2.59. The molecule has 0 unspecified atom stereocenters. The zero-order valence-corrected chi connectivity index (χ0v) is 15.6. The maximum Gasteiger partial charge on any atom is 0.310 e. The lowest BCUT2D eigenvalue weighted by molar-refractivity contribution is -0.385. The van der Waals surface area contributed by atoms with Crippen molar-refractivity contribution in [1.82, 2.24) is 0 Å². The number of allylic oxidation sites excluding steroid dienone is 2. The molecule has 0 saturated carbocycles. The number of hydrogen-bond acceptors (Lipinski definition) is 5. The zero-order valence-electron chi connectivity index (χ0n) is 15.6. The van der Waals surface area contributed by atoms with Crippen LogP contribution in [0, 0.1) is 10.1 Å². The molecule has 0 amide bonds. The molecule has 0 saturated heterocycles. The Labute approximate surface area is 158 Å². The summed E-state index contributed by atoms with van der Waals surface area (Å²) in [7, 11) is 0. The molecule has 6 heteroatoms. The average Bonchev–Trinajstić information content (AvgIpc) is 2.58. The van der Waals surface area contributed by atoms with Crippen molar-refractivity contribution in [2.45, 2.75) is 27.2 Å². The molecular formula is C21H23NO5. The Morgan fingerprint density at radius 1 is 1.19 bits per heavy atom. The molecule has 142 valence electrons. The predicted octanol–water partition coefficient (Wildman–Crippen LogP) is 5.08. The van der Waals surface area contributed by atoms with Crippen molar-refractivity contribution >= 4 is 17.8 Å². The van der Waals surface area contributed by atoms with E-state index in [1.807, 2.05) is 20.8 Å². The van der Waals surface area contributed by atoms with Gasteiger partial charge in [-0.1, -0.05) is 23.8 Å². The van der Waals surface area contributed by atoms with E-state index in [1.165, 1.54) is 17.7 Å². The molecule has 0 atom stereocenters. The molecule has 0 aliphatic heterocycles. The fourth-order valence-corrected chi connectivity index (χ4v) is 2.59. The number of phenolic OH excluding ortho intramolecular Hbond substituents is 2. The first-order valence-electron chi connectivity index (χ1n) is 8.59. The van der Waals surface area contributed by atoms with Crippen LogP contribution in [0.5, 0.6) is 17.2 Å². The van der Waals surface area contributed by atoms with Crippen molar-refractivity contribution in [2.24, 2.45) is 0 Å². The minimum Gasteiger partial charge on any atom is -0.508 e. The zero-order chi connectivity index (χ0) is 20.0. The van der Waals surface area contributed by atoms with Gasteiger partial charge in [0, 0.05) is 17.7 Å². The second-order valence-electron chi connectivity index (χ2n) is 6.27. The standard InChI is InChI=1S/C21H23NO5/c1-4-27-21-13-17(23)12-16(18(21)9-5-14(2)3)8-6-15-7-10-19(22(25)26)20(24)11-15/h5-8,10-13,23-24H,4,9H2,1-3H3. The molecule has 0 aliphatic carbocycles. The van der Waals surface area contributed by atoms with Crippen LogP contribution in [0.4, 0.5) is 5.69 Å². The van der Waals surface area contributed by atoms with Gasteiger partial charge in [-0.25, -0.2) is 0 Å². The first-order valence-corrected chi connectivity index (χ1v) is 8.59. The third-order valence-corrected chi connectivity index (χ3v) is 3.89. The molecule has 0 spiro atoms. The van der Waals surface area contributed by atoms with Crippen LogP contribution in [-0.4, -0.2) is 21.7 Å². The number of nitro groups is 1. The van der Waals surface area contributed by atoms with Gasteiger partial charge in [-0.05, 0) is 56.5 Å². The smallest absolute Gasteiger partial charge is 0.310 e. The van der Waals surface area contributed by atoms with Gasteiger partial charge in [-0.15, -0.1) is 0 Å². The van der Waals surface area contributed by atoms with Crippen LogP contribution in [0.3, 0.4) is 0 Å². The normalized spacial score (nSPS) is 10.8. The van der Waals surface area contributed by atoms with Crippen LogP contribution < -0.4 is 4.74 Å². The molecule has 2 aromatic rings. The maximum atomic E-state index is 10.8. The number of phenols is 2. The third kappa shape index (κ3) is 5.34. The lowest BCUT2D eigenvalue weighted by Crippen LogP contribution is -1.98. The van der Waals surface area contributed by atoms with Crippen molar-refractivity contribution in [3.63, 3.8) is 0 Å². The Morgan fingerprint density at radius 3 is 2.52 bits per heavy atom. The Bertz CT molecular complexity index is 896. The van der Waals surface area contributed by atoms with Gasteiger partial charge in [0.25, 0.3) is 0 Å². The molecule has 27 heavy (non-hydrogen) atoms. The maximum absolute atomic E-state index is 10.8. The fraction of sp³-hybridized carbons (Fsp3) is 0.238. The van der Waals surface area contributed by atoms with E-state index < -0.39 is 10.7 Å². The summed E-state index contributed by atoms with van der Waals surface area (Å²) in [5.74, 6) is 0.310. The first kappa shape index (κ1) is 20.0. The highest BCUT2D eigenvalue weighted by atomic mass is 16.6. The predicted molar refractivity (Wildman–Crippen MR) is 106 cm³/mol. The van der Waals surface area contributed by atoms with E-state index in [1.54, 1.807) is 30.4 Å². The lowest BCUT2D eigenvalue weighted by Gasteiger charge is -2.13. The molecule has 2 aromatic carbocycles. The van der Waals surface area contributed by atoms with Gasteiger partial charge in [0.1, 0.15) is 11.5 Å². The number of benzene rings is 2. The highest BCUT2D eigenvalue weighted by Gasteiger charge is 2.13. The quantitative estimate of drug-likeness (QED) is 0.307. The number of nitro benzene ring substituents is 1. The van der Waals surface area contributed by atoms with E-state index in [9.17, 15) is 20.3 Å². The number of nitrogens with zero attached hydrogens (tertiary/aromatic N) is 1. The second kappa shape index (κ2) is 8.89. The van der Waals surface area contributed by atoms with E-state index >= 15 is 0 Å². The van der Waals surface area contributed by atoms with E-state index in [4.69, 9.17) is 4.74 Å². The van der Waals surface area contributed by atoms with Gasteiger partial charge in [0.05, 0.1) is 11.5 Å². The third-order valence-electron chi connectivity index (χ3n) is 3.89. The minimum atomic E-state index is -0.635. The van der Waals surface area contributed by atoms with E-state index in [-0.39, 0.29) is 11.4 Å². The molecule has 0 aliphatic rings. The summed E-state index contributed by atoms with van der Waals surface area (Å²) in [6, 6.07) is 7.37. The number of ether oxygens (including phenoxy) is 1. The summed E-state index contributed by atoms with van der Waals surface area (Å²) in [5, 5.41) is 30.6. The van der Waals surface area contributed by atoms with Crippen molar-refractivity contribution in [3.8, 4) is 17.2 Å². The van der Waals surface area contributed by atoms with Crippen LogP contribution in [0.15, 0.2) is 42.0 Å². The molecule has 2 N–H and O–H groups in total. The van der Waals surface area contributed by atoms with Gasteiger partial charge in [-0.2, -0.15) is 0 Å². The van der Waals surface area contributed by atoms with Crippen LogP contribution in [0.1, 0.15) is 37.5 Å². The summed E-state index contributed by atoms with van der Waals surface area (Å²) in [6.07, 6.45) is 6.23. The summed E-state index contributed by atoms with van der Waals surface area (Å²) in [6.45, 7) is 6.38. The lowest BCUT2D eigenvalue weighted by atomic mass is 10.00. The van der Waals surface area contributed by atoms with E-state index in [2.05, 4.69) is 6.08 Å². The van der Waals surface area contributed by atoms with Crippen LogP contribution in [0.2, 0.25) is 0 Å². The van der Waals surface area contributed by atoms with Crippen LogP contribution in [-0.2, 0) is 6.42 Å². The largest absolute Gasteiger partial charge is 0.508 e. The molecule has 0 radical (unpaired) electrons. The summed E-state index contributed by atoms with van der Waals surface area (Å²) in [5.41, 5.74) is 3.13. The highest BCUT2D eigenvalue weighted by Crippen LogP contribution is 2.32. The van der Waals surface area contributed by atoms with Crippen molar-refractivity contribution in [3.05, 3.63) is 68.8 Å². The van der Waals surface area contributed by atoms with Crippen LogP contribution in [0.25, 0.3) is 12.2 Å². The van der Waals surface area contributed by atoms with E-state index in [0.29, 0.717) is 24.3 Å². The molecule has 6 nitrogen and oxygen atoms in total. The summed E-state index contributed by atoms with van der Waals surface area (Å²) < 4.78 is 5.67. The number of aromatic hydroxyl groups is 2. The molecule has 0 bridgehead atoms. The Morgan fingerprint density at radius 2 is 1.93 bits per heavy atom. The molecule has 0 aromatic heterocycles. The Kier molecular flexibility index (Phi) is 6.60. The molecular weight excluding hydrogens is 346 g/mol.